The molecule has 1 saturated heterocycles. The number of carbonyl (C=O) groups excluding carboxylic acids is 2. The Morgan fingerprint density at radius 3 is 2.39 bits per heavy atom. The van der Waals surface area contributed by atoms with Gasteiger partial charge >= 0.3 is 0 Å². The van der Waals surface area contributed by atoms with Crippen molar-refractivity contribution in [3.05, 3.63) is 81.9 Å². The van der Waals surface area contributed by atoms with Crippen molar-refractivity contribution in [2.75, 3.05) is 26.2 Å². The van der Waals surface area contributed by atoms with E-state index in [2.05, 4.69) is 10.3 Å². The van der Waals surface area contributed by atoms with E-state index in [1.165, 1.54) is 12.1 Å². The van der Waals surface area contributed by atoms with Crippen LogP contribution >= 0.6 is 11.6 Å². The van der Waals surface area contributed by atoms with Crippen LogP contribution in [0.4, 0.5) is 4.39 Å². The van der Waals surface area contributed by atoms with Crippen molar-refractivity contribution in [3.63, 3.8) is 0 Å². The number of hydrogen-bond donors (Lipinski definition) is 0. The summed E-state index contributed by atoms with van der Waals surface area (Å²) >= 11 is 6.03. The standard InChI is InChI=1S/C23H21ClFN5O3/c24-18-12-16(25)6-7-17(18)22(31)28-8-10-29(11-9-28)23(32)21-19-14-33-20(13-30(19)27-26-21)15-4-2-1-3-5-15/h1-7,12,20H,8-11,13-14H2. The molecule has 2 aliphatic heterocycles. The lowest BCUT2D eigenvalue weighted by molar-refractivity contribution is -0.00202. The van der Waals surface area contributed by atoms with Crippen LogP contribution in [-0.4, -0.2) is 62.8 Å². The predicted molar refractivity (Wildman–Crippen MR) is 117 cm³/mol. The third kappa shape index (κ3) is 4.21. The number of halogens is 2. The molecule has 10 heteroatoms. The quantitative estimate of drug-likeness (QED) is 0.589. The summed E-state index contributed by atoms with van der Waals surface area (Å²) in [5.74, 6) is -1.01. The number of nitrogens with zero attached hydrogens (tertiary/aromatic N) is 5. The molecule has 2 amide bonds. The van der Waals surface area contributed by atoms with Crippen LogP contribution in [-0.2, 0) is 17.9 Å². The van der Waals surface area contributed by atoms with Crippen LogP contribution in [0.15, 0.2) is 48.5 Å². The van der Waals surface area contributed by atoms with E-state index in [-0.39, 0.29) is 40.8 Å². The lowest BCUT2D eigenvalue weighted by Gasteiger charge is -2.34. The highest BCUT2D eigenvalue weighted by Crippen LogP contribution is 2.27. The van der Waals surface area contributed by atoms with Crippen LogP contribution in [0.1, 0.15) is 38.2 Å². The van der Waals surface area contributed by atoms with Crippen LogP contribution < -0.4 is 0 Å². The van der Waals surface area contributed by atoms with Gasteiger partial charge in [0, 0.05) is 26.2 Å². The van der Waals surface area contributed by atoms with E-state index < -0.39 is 5.82 Å². The maximum absolute atomic E-state index is 13.3. The third-order valence-electron chi connectivity index (χ3n) is 5.99. The molecule has 3 heterocycles. The van der Waals surface area contributed by atoms with Crippen molar-refractivity contribution in [2.24, 2.45) is 0 Å². The van der Waals surface area contributed by atoms with Gasteiger partial charge in [-0.05, 0) is 23.8 Å². The second-order valence-corrected chi connectivity index (χ2v) is 8.39. The largest absolute Gasteiger partial charge is 0.365 e. The van der Waals surface area contributed by atoms with E-state index in [1.54, 1.807) is 14.5 Å². The van der Waals surface area contributed by atoms with E-state index >= 15 is 0 Å². The number of hydrogen-bond acceptors (Lipinski definition) is 5. The highest BCUT2D eigenvalue weighted by molar-refractivity contribution is 6.33. The van der Waals surface area contributed by atoms with Crippen molar-refractivity contribution < 1.29 is 18.7 Å². The molecule has 3 aromatic rings. The van der Waals surface area contributed by atoms with Crippen LogP contribution in [0.3, 0.4) is 0 Å². The van der Waals surface area contributed by atoms with E-state index in [4.69, 9.17) is 16.3 Å². The minimum Gasteiger partial charge on any atom is -0.365 e. The predicted octanol–water partition coefficient (Wildman–Crippen LogP) is 2.94. The first kappa shape index (κ1) is 21.5. The van der Waals surface area contributed by atoms with Crippen LogP contribution in [0, 0.1) is 5.82 Å². The lowest BCUT2D eigenvalue weighted by Crippen LogP contribution is -2.51. The summed E-state index contributed by atoms with van der Waals surface area (Å²) in [5.41, 5.74) is 2.23. The van der Waals surface area contributed by atoms with Crippen LogP contribution in [0.5, 0.6) is 0 Å². The minimum absolute atomic E-state index is 0.0722. The van der Waals surface area contributed by atoms with E-state index in [0.29, 0.717) is 38.4 Å². The van der Waals surface area contributed by atoms with Gasteiger partial charge in [-0.3, -0.25) is 9.59 Å². The zero-order valence-electron chi connectivity index (χ0n) is 17.7. The smallest absolute Gasteiger partial charge is 0.276 e. The molecule has 0 bridgehead atoms. The van der Waals surface area contributed by atoms with Gasteiger partial charge in [0.05, 0.1) is 29.4 Å². The lowest BCUT2D eigenvalue weighted by atomic mass is 10.1. The Morgan fingerprint density at radius 2 is 1.70 bits per heavy atom. The van der Waals surface area contributed by atoms with Crippen molar-refractivity contribution >= 4 is 23.4 Å². The fourth-order valence-electron chi connectivity index (χ4n) is 4.14. The summed E-state index contributed by atoms with van der Waals surface area (Å²) < 4.78 is 21.0. The SMILES string of the molecule is O=C(c1ccc(F)cc1Cl)N1CCN(C(=O)c2nnn3c2COC(c2ccccc2)C3)CC1. The maximum Gasteiger partial charge on any atom is 0.276 e. The van der Waals surface area contributed by atoms with Gasteiger partial charge in [0.1, 0.15) is 11.9 Å². The number of ether oxygens (including phenoxy) is 1. The Morgan fingerprint density at radius 1 is 1.00 bits per heavy atom. The minimum atomic E-state index is -0.497. The van der Waals surface area contributed by atoms with Gasteiger partial charge in [-0.15, -0.1) is 5.10 Å². The third-order valence-corrected chi connectivity index (χ3v) is 6.30. The molecule has 1 aromatic heterocycles. The molecule has 0 spiro atoms. The molecule has 0 saturated carbocycles. The summed E-state index contributed by atoms with van der Waals surface area (Å²) in [7, 11) is 0. The van der Waals surface area contributed by atoms with Crippen molar-refractivity contribution in [2.45, 2.75) is 19.3 Å². The Kier molecular flexibility index (Phi) is 5.82. The first-order valence-corrected chi connectivity index (χ1v) is 11.0. The fourth-order valence-corrected chi connectivity index (χ4v) is 4.39. The van der Waals surface area contributed by atoms with Gasteiger partial charge in [0.2, 0.25) is 0 Å². The molecule has 5 rings (SSSR count). The first-order valence-electron chi connectivity index (χ1n) is 10.6. The zero-order chi connectivity index (χ0) is 22.9. The molecule has 0 N–H and O–H groups in total. The monoisotopic (exact) mass is 469 g/mol. The second kappa shape index (κ2) is 8.92. The Hall–Kier alpha value is -3.30. The first-order chi connectivity index (χ1) is 16.0. The van der Waals surface area contributed by atoms with Gasteiger partial charge in [-0.25, -0.2) is 9.07 Å². The molecule has 1 atom stereocenters. The summed E-state index contributed by atoms with van der Waals surface area (Å²) in [6, 6.07) is 13.6. The molecule has 33 heavy (non-hydrogen) atoms. The fraction of sp³-hybridized carbons (Fsp3) is 0.304. The summed E-state index contributed by atoms with van der Waals surface area (Å²) in [4.78, 5) is 29.1. The number of benzene rings is 2. The number of amides is 2. The van der Waals surface area contributed by atoms with Crippen LogP contribution in [0.2, 0.25) is 5.02 Å². The number of fused-ring (bicyclic) bond motifs is 1. The molecule has 170 valence electrons. The summed E-state index contributed by atoms with van der Waals surface area (Å²) in [6.07, 6.45) is -0.142. The Balaban J connectivity index is 1.23. The highest BCUT2D eigenvalue weighted by Gasteiger charge is 2.32. The van der Waals surface area contributed by atoms with Gasteiger partial charge in [0.25, 0.3) is 11.8 Å². The molecular weight excluding hydrogens is 449 g/mol. The summed E-state index contributed by atoms with van der Waals surface area (Å²) in [5, 5.41) is 8.38. The van der Waals surface area contributed by atoms with Gasteiger partial charge < -0.3 is 14.5 Å². The van der Waals surface area contributed by atoms with Gasteiger partial charge in [-0.2, -0.15) is 0 Å². The molecule has 2 aliphatic rings. The molecule has 0 radical (unpaired) electrons. The Labute approximate surface area is 194 Å². The Bertz CT molecular complexity index is 1190. The second-order valence-electron chi connectivity index (χ2n) is 7.99. The van der Waals surface area contributed by atoms with Gasteiger partial charge in [0.15, 0.2) is 5.69 Å². The number of rotatable bonds is 3. The maximum atomic E-state index is 13.3. The van der Waals surface area contributed by atoms with Crippen molar-refractivity contribution in [1.29, 1.82) is 0 Å². The number of carbonyl (C=O) groups is 2. The zero-order valence-corrected chi connectivity index (χ0v) is 18.4. The van der Waals surface area contributed by atoms with E-state index in [9.17, 15) is 14.0 Å². The molecular formula is C23H21ClFN5O3. The average Bonchev–Trinajstić information content (AvgIpc) is 3.27. The van der Waals surface area contributed by atoms with Gasteiger partial charge in [-0.1, -0.05) is 47.1 Å². The molecule has 1 fully saturated rings. The average molecular weight is 470 g/mol. The van der Waals surface area contributed by atoms with E-state index in [1.807, 2.05) is 30.3 Å². The molecule has 8 nitrogen and oxygen atoms in total. The number of aromatic nitrogens is 3. The molecule has 0 aliphatic carbocycles. The normalized spacial score (nSPS) is 18.2. The van der Waals surface area contributed by atoms with Crippen molar-refractivity contribution in [1.82, 2.24) is 24.8 Å². The topological polar surface area (TPSA) is 80.6 Å². The molecule has 2 aromatic carbocycles. The van der Waals surface area contributed by atoms with Crippen molar-refractivity contribution in [3.8, 4) is 0 Å². The highest BCUT2D eigenvalue weighted by atomic mass is 35.5. The van der Waals surface area contributed by atoms with E-state index in [0.717, 1.165) is 11.6 Å². The molecule has 1 unspecified atom stereocenters. The number of piperazine rings is 1. The van der Waals surface area contributed by atoms with Crippen LogP contribution in [0.25, 0.3) is 0 Å². The summed E-state index contributed by atoms with van der Waals surface area (Å²) in [6.45, 7) is 2.12.